The minimum absolute atomic E-state index is 0.0256. The molecule has 1 aliphatic heterocycles. The number of esters is 1. The summed E-state index contributed by atoms with van der Waals surface area (Å²) in [4.78, 5) is 56.3. The van der Waals surface area contributed by atoms with Crippen molar-refractivity contribution in [2.75, 3.05) is 45.8 Å². The fourth-order valence-corrected chi connectivity index (χ4v) is 6.43. The van der Waals surface area contributed by atoms with Crippen LogP contribution in [0.4, 0.5) is 0 Å². The number of pyridine rings is 1. The summed E-state index contributed by atoms with van der Waals surface area (Å²) in [6.07, 6.45) is 2.95. The average molecular weight is 692 g/mol. The molecule has 0 radical (unpaired) electrons. The average Bonchev–Trinajstić information content (AvgIpc) is 3.07. The Morgan fingerprint density at radius 2 is 1.85 bits per heavy atom. The molecule has 1 fully saturated rings. The molecule has 13 nitrogen and oxygen atoms in total. The summed E-state index contributed by atoms with van der Waals surface area (Å²) in [5, 5.41) is 17.8. The summed E-state index contributed by atoms with van der Waals surface area (Å²) in [7, 11) is 4.53. The van der Waals surface area contributed by atoms with Crippen LogP contribution in [-0.4, -0.2) is 103 Å². The molecule has 1 aliphatic rings. The van der Waals surface area contributed by atoms with Gasteiger partial charge in [0.05, 0.1) is 33.5 Å². The molecule has 47 heavy (non-hydrogen) atoms. The molecule has 0 saturated carbocycles. The Morgan fingerprint density at radius 3 is 2.55 bits per heavy atom. The maximum absolute atomic E-state index is 13.7. The third-order valence-corrected chi connectivity index (χ3v) is 9.34. The molecular weight excluding hydrogens is 647 g/mol. The highest BCUT2D eigenvalue weighted by Gasteiger charge is 2.34. The molecule has 0 unspecified atom stereocenters. The lowest BCUT2D eigenvalue weighted by Gasteiger charge is -2.35. The monoisotopic (exact) mass is 691 g/mol. The lowest BCUT2D eigenvalue weighted by Crippen LogP contribution is -2.62. The number of carbonyl (C=O) groups excluding carboxylic acids is 4. The van der Waals surface area contributed by atoms with Crippen LogP contribution < -0.4 is 16.1 Å². The quantitative estimate of drug-likeness (QED) is 0.0967. The van der Waals surface area contributed by atoms with E-state index in [9.17, 15) is 24.3 Å². The number of rotatable bonds is 19. The van der Waals surface area contributed by atoms with Gasteiger partial charge in [0.1, 0.15) is 28.9 Å². The number of nitrogens with one attached hydrogen (secondary N) is 3. The second-order valence-electron chi connectivity index (χ2n) is 11.1. The van der Waals surface area contributed by atoms with Crippen molar-refractivity contribution in [3.63, 3.8) is 0 Å². The van der Waals surface area contributed by atoms with E-state index in [2.05, 4.69) is 21.0 Å². The number of phenolic OH excluding ortho intramolecular Hbond substituents is 1. The van der Waals surface area contributed by atoms with Crippen molar-refractivity contribution < 1.29 is 38.5 Å². The number of hydrogen-bond acceptors (Lipinski definition) is 12. The second-order valence-corrected chi connectivity index (χ2v) is 13.5. The normalized spacial score (nSPS) is 15.9. The van der Waals surface area contributed by atoms with Crippen molar-refractivity contribution in [3.05, 3.63) is 54.2 Å². The number of amides is 3. The summed E-state index contributed by atoms with van der Waals surface area (Å²) in [5.41, 5.74) is 3.53. The lowest BCUT2D eigenvalue weighted by molar-refractivity contribution is -0.151. The second kappa shape index (κ2) is 20.8. The third kappa shape index (κ3) is 13.7. The van der Waals surface area contributed by atoms with E-state index in [4.69, 9.17) is 14.2 Å². The van der Waals surface area contributed by atoms with Gasteiger partial charge in [-0.05, 0) is 59.4 Å². The molecule has 4 N–H and O–H groups in total. The van der Waals surface area contributed by atoms with E-state index in [0.29, 0.717) is 44.8 Å². The Balaban J connectivity index is 1.46. The van der Waals surface area contributed by atoms with Gasteiger partial charge in [-0.25, -0.2) is 10.4 Å². The molecule has 1 aromatic heterocycles. The van der Waals surface area contributed by atoms with Crippen molar-refractivity contribution in [2.24, 2.45) is 5.92 Å². The first-order valence-electron chi connectivity index (χ1n) is 15.6. The molecule has 0 aliphatic carbocycles. The number of nitrogens with zero attached hydrogens (tertiary/aromatic N) is 2. The van der Waals surface area contributed by atoms with Crippen molar-refractivity contribution in [1.29, 1.82) is 0 Å². The van der Waals surface area contributed by atoms with Crippen molar-refractivity contribution in [3.8, 4) is 5.75 Å². The number of methoxy groups -OCH3 is 1. The van der Waals surface area contributed by atoms with Gasteiger partial charge >= 0.3 is 5.97 Å². The Kier molecular flexibility index (Phi) is 16.8. The van der Waals surface area contributed by atoms with E-state index in [1.165, 1.54) is 24.3 Å². The van der Waals surface area contributed by atoms with Gasteiger partial charge < -0.3 is 30.0 Å². The molecule has 3 amide bonds. The molecule has 15 heteroatoms. The number of aromatic nitrogens is 1. The SMILES string of the molecule is COC(=O)[C@@H]1CCCN(C(=O)[C@H](Cc2cccc(O)c2)NC(=O)[C@@H](NC(=O)CCOCCOCCSSc2ccccn2)C(C)C)N1. The van der Waals surface area contributed by atoms with Crippen LogP contribution in [0.25, 0.3) is 0 Å². The maximum atomic E-state index is 13.7. The van der Waals surface area contributed by atoms with E-state index >= 15 is 0 Å². The van der Waals surface area contributed by atoms with Crippen LogP contribution in [0, 0.1) is 5.92 Å². The molecule has 258 valence electrons. The van der Waals surface area contributed by atoms with Crippen molar-refractivity contribution in [1.82, 2.24) is 26.1 Å². The summed E-state index contributed by atoms with van der Waals surface area (Å²) in [6, 6.07) is 9.54. The van der Waals surface area contributed by atoms with E-state index in [0.717, 1.165) is 10.8 Å². The molecule has 1 saturated heterocycles. The predicted molar refractivity (Wildman–Crippen MR) is 179 cm³/mol. The number of phenols is 1. The van der Waals surface area contributed by atoms with Gasteiger partial charge in [0, 0.05) is 31.3 Å². The van der Waals surface area contributed by atoms with Crippen LogP contribution in [-0.2, 0) is 39.8 Å². The number of aromatic hydroxyl groups is 1. The number of benzene rings is 1. The zero-order valence-corrected chi connectivity index (χ0v) is 28.6. The van der Waals surface area contributed by atoms with Crippen molar-refractivity contribution >= 4 is 45.3 Å². The van der Waals surface area contributed by atoms with Crippen molar-refractivity contribution in [2.45, 2.75) is 62.7 Å². The fourth-order valence-electron chi connectivity index (χ4n) is 4.68. The van der Waals surface area contributed by atoms with Crippen LogP contribution in [0.1, 0.15) is 38.7 Å². The molecule has 3 atom stereocenters. The van der Waals surface area contributed by atoms with E-state index in [1.807, 2.05) is 18.2 Å². The molecular formula is C32H45N5O8S2. The summed E-state index contributed by atoms with van der Waals surface area (Å²) < 4.78 is 15.9. The fraction of sp³-hybridized carbons (Fsp3) is 0.531. The Morgan fingerprint density at radius 1 is 1.06 bits per heavy atom. The summed E-state index contributed by atoms with van der Waals surface area (Å²) >= 11 is 0. The lowest BCUT2D eigenvalue weighted by atomic mass is 10.00. The number of hydrogen-bond donors (Lipinski definition) is 4. The van der Waals surface area contributed by atoms with Crippen LogP contribution in [0.5, 0.6) is 5.75 Å². The van der Waals surface area contributed by atoms with Gasteiger partial charge in [0.2, 0.25) is 11.8 Å². The predicted octanol–water partition coefficient (Wildman–Crippen LogP) is 2.49. The number of ether oxygens (including phenoxy) is 3. The van der Waals surface area contributed by atoms with Gasteiger partial charge in [-0.15, -0.1) is 0 Å². The van der Waals surface area contributed by atoms with Gasteiger partial charge in [0.25, 0.3) is 5.91 Å². The van der Waals surface area contributed by atoms with E-state index in [1.54, 1.807) is 53.8 Å². The molecule has 0 bridgehead atoms. The Hall–Kier alpha value is -3.37. The smallest absolute Gasteiger partial charge is 0.324 e. The van der Waals surface area contributed by atoms with Gasteiger partial charge in [-0.3, -0.25) is 24.2 Å². The van der Waals surface area contributed by atoms with Gasteiger partial charge in [-0.2, -0.15) is 0 Å². The highest BCUT2D eigenvalue weighted by Crippen LogP contribution is 2.28. The topological polar surface area (TPSA) is 168 Å². The zero-order chi connectivity index (χ0) is 34.0. The first kappa shape index (κ1) is 38.1. The molecule has 1 aromatic carbocycles. The third-order valence-electron chi connectivity index (χ3n) is 7.11. The molecule has 3 rings (SSSR count). The van der Waals surface area contributed by atoms with Gasteiger partial charge in [0.15, 0.2) is 0 Å². The minimum Gasteiger partial charge on any atom is -0.508 e. The van der Waals surface area contributed by atoms with Gasteiger partial charge in [-0.1, -0.05) is 42.8 Å². The first-order valence-corrected chi connectivity index (χ1v) is 17.9. The van der Waals surface area contributed by atoms with Crippen LogP contribution in [0.3, 0.4) is 0 Å². The van der Waals surface area contributed by atoms with E-state index in [-0.39, 0.29) is 37.0 Å². The number of carbonyl (C=O) groups is 4. The standard InChI is InChI=1S/C32H45N5O8S2/c1-22(2)29(35-27(39)12-15-44-16-17-45-18-19-46-47-28-11-4-5-13-33-28)30(40)34-26(21-23-8-6-9-24(38)20-23)31(41)37-14-7-10-25(36-37)32(42)43-3/h4-6,8-9,11,13,20,22,25-26,29,36,38H,7,10,12,14-19,21H2,1-3H3,(H,34,40)(H,35,39)/t25-,26-,29-/m0/s1. The highest BCUT2D eigenvalue weighted by molar-refractivity contribution is 8.76. The largest absolute Gasteiger partial charge is 0.508 e. The molecule has 2 heterocycles. The highest BCUT2D eigenvalue weighted by atomic mass is 33.1. The summed E-state index contributed by atoms with van der Waals surface area (Å²) in [5.74, 6) is -1.29. The van der Waals surface area contributed by atoms with Crippen LogP contribution in [0.15, 0.2) is 53.7 Å². The number of hydrazine groups is 1. The van der Waals surface area contributed by atoms with E-state index < -0.39 is 35.9 Å². The maximum Gasteiger partial charge on any atom is 0.324 e. The first-order chi connectivity index (χ1) is 22.7. The van der Waals surface area contributed by atoms with Crippen LogP contribution >= 0.6 is 21.6 Å². The Labute approximate surface area is 283 Å². The summed E-state index contributed by atoms with van der Waals surface area (Å²) in [6.45, 7) is 5.38. The zero-order valence-electron chi connectivity index (χ0n) is 27.0. The molecule has 0 spiro atoms. The molecule has 2 aromatic rings. The minimum atomic E-state index is -1.04. The van der Waals surface area contributed by atoms with Crippen LogP contribution in [0.2, 0.25) is 0 Å². The Bertz CT molecular complexity index is 1290.